The van der Waals surface area contributed by atoms with Crippen molar-refractivity contribution in [2.45, 2.75) is 26.4 Å². The van der Waals surface area contributed by atoms with Crippen LogP contribution in [0.4, 0.5) is 0 Å². The molecule has 19 heavy (non-hydrogen) atoms. The Kier molecular flexibility index (Phi) is 4.12. The van der Waals surface area contributed by atoms with Crippen LogP contribution in [0.1, 0.15) is 31.2 Å². The van der Waals surface area contributed by atoms with E-state index in [0.717, 1.165) is 22.6 Å². The molecule has 0 saturated heterocycles. The number of benzene rings is 1. The van der Waals surface area contributed by atoms with E-state index in [4.69, 9.17) is 9.84 Å². The van der Waals surface area contributed by atoms with Gasteiger partial charge in [0.15, 0.2) is 5.82 Å². The van der Waals surface area contributed by atoms with Gasteiger partial charge >= 0.3 is 0 Å². The van der Waals surface area contributed by atoms with Crippen molar-refractivity contribution in [2.75, 3.05) is 7.11 Å². The number of rotatable bonds is 4. The molecule has 0 unspecified atom stereocenters. The molecule has 0 aliphatic carbocycles. The Bertz CT molecular complexity index is 568. The summed E-state index contributed by atoms with van der Waals surface area (Å²) in [4.78, 5) is 8.30. The minimum atomic E-state index is -0.152. The summed E-state index contributed by atoms with van der Waals surface area (Å²) < 4.78 is 5.37. The molecular weight excluding hydrogens is 240 g/mol. The summed E-state index contributed by atoms with van der Waals surface area (Å²) in [7, 11) is 1.68. The SMILES string of the molecule is COc1ccc(-c2ccnc(CO)n2)cc1C(C)C. The maximum atomic E-state index is 9.09. The molecule has 0 spiro atoms. The molecule has 2 rings (SSSR count). The molecule has 0 radical (unpaired) electrons. The second kappa shape index (κ2) is 5.80. The zero-order valence-electron chi connectivity index (χ0n) is 11.4. The Balaban J connectivity index is 2.47. The summed E-state index contributed by atoms with van der Waals surface area (Å²) in [5.74, 6) is 1.68. The smallest absolute Gasteiger partial charge is 0.154 e. The Morgan fingerprint density at radius 1 is 1.26 bits per heavy atom. The van der Waals surface area contributed by atoms with Gasteiger partial charge in [0.05, 0.1) is 12.8 Å². The number of methoxy groups -OCH3 is 1. The van der Waals surface area contributed by atoms with E-state index < -0.39 is 0 Å². The first-order chi connectivity index (χ1) is 9.15. The Labute approximate surface area is 113 Å². The van der Waals surface area contributed by atoms with Crippen molar-refractivity contribution in [1.29, 1.82) is 0 Å². The maximum Gasteiger partial charge on any atom is 0.154 e. The second-order valence-electron chi connectivity index (χ2n) is 4.63. The van der Waals surface area contributed by atoms with E-state index in [-0.39, 0.29) is 6.61 Å². The predicted octanol–water partition coefficient (Wildman–Crippen LogP) is 2.77. The van der Waals surface area contributed by atoms with Gasteiger partial charge in [-0.3, -0.25) is 0 Å². The zero-order valence-corrected chi connectivity index (χ0v) is 11.4. The molecule has 100 valence electrons. The maximum absolute atomic E-state index is 9.09. The molecule has 0 atom stereocenters. The largest absolute Gasteiger partial charge is 0.496 e. The second-order valence-corrected chi connectivity index (χ2v) is 4.63. The van der Waals surface area contributed by atoms with E-state index in [1.54, 1.807) is 13.3 Å². The first-order valence-electron chi connectivity index (χ1n) is 6.26. The molecule has 0 fully saturated rings. The van der Waals surface area contributed by atoms with Crippen molar-refractivity contribution in [2.24, 2.45) is 0 Å². The molecule has 4 nitrogen and oxygen atoms in total. The quantitative estimate of drug-likeness (QED) is 0.916. The predicted molar refractivity (Wildman–Crippen MR) is 74.0 cm³/mol. The zero-order chi connectivity index (χ0) is 13.8. The molecule has 0 bridgehead atoms. The monoisotopic (exact) mass is 258 g/mol. The van der Waals surface area contributed by atoms with Gasteiger partial charge in [0, 0.05) is 11.8 Å². The summed E-state index contributed by atoms with van der Waals surface area (Å²) in [6.07, 6.45) is 1.66. The van der Waals surface area contributed by atoms with Crippen LogP contribution in [0, 0.1) is 0 Å². The van der Waals surface area contributed by atoms with Crippen molar-refractivity contribution in [3.05, 3.63) is 41.9 Å². The van der Waals surface area contributed by atoms with Gasteiger partial charge in [-0.1, -0.05) is 13.8 Å². The molecular formula is C15H18N2O2. The highest BCUT2D eigenvalue weighted by molar-refractivity contribution is 5.62. The van der Waals surface area contributed by atoms with Crippen LogP contribution in [-0.2, 0) is 6.61 Å². The average Bonchev–Trinajstić information content (AvgIpc) is 2.46. The third kappa shape index (κ3) is 2.90. The number of hydrogen-bond donors (Lipinski definition) is 1. The highest BCUT2D eigenvalue weighted by Crippen LogP contribution is 2.30. The fourth-order valence-corrected chi connectivity index (χ4v) is 1.98. The van der Waals surface area contributed by atoms with Gasteiger partial charge in [0.1, 0.15) is 12.4 Å². The molecule has 1 heterocycles. The molecule has 1 aromatic carbocycles. The Morgan fingerprint density at radius 2 is 2.05 bits per heavy atom. The van der Waals surface area contributed by atoms with Gasteiger partial charge in [-0.25, -0.2) is 9.97 Å². The third-order valence-electron chi connectivity index (χ3n) is 2.99. The number of hydrogen-bond acceptors (Lipinski definition) is 4. The molecule has 0 aliphatic heterocycles. The molecule has 4 heteroatoms. The number of ether oxygens (including phenoxy) is 1. The van der Waals surface area contributed by atoms with E-state index in [1.807, 2.05) is 18.2 Å². The number of nitrogens with zero attached hydrogens (tertiary/aromatic N) is 2. The van der Waals surface area contributed by atoms with E-state index >= 15 is 0 Å². The van der Waals surface area contributed by atoms with Crippen LogP contribution in [0.15, 0.2) is 30.5 Å². The van der Waals surface area contributed by atoms with Gasteiger partial charge < -0.3 is 9.84 Å². The summed E-state index contributed by atoms with van der Waals surface area (Å²) in [5.41, 5.74) is 2.95. The van der Waals surface area contributed by atoms with Crippen LogP contribution in [0.5, 0.6) is 5.75 Å². The standard InChI is InChI=1S/C15H18N2O2/c1-10(2)12-8-11(4-5-14(12)19-3)13-6-7-16-15(9-18)17-13/h4-8,10,18H,9H2,1-3H3. The minimum Gasteiger partial charge on any atom is -0.496 e. The van der Waals surface area contributed by atoms with Gasteiger partial charge in [-0.15, -0.1) is 0 Å². The fraction of sp³-hybridized carbons (Fsp3) is 0.333. The van der Waals surface area contributed by atoms with Crippen molar-refractivity contribution in [3.63, 3.8) is 0 Å². The average molecular weight is 258 g/mol. The molecule has 1 N–H and O–H groups in total. The van der Waals surface area contributed by atoms with E-state index in [9.17, 15) is 0 Å². The van der Waals surface area contributed by atoms with Gasteiger partial charge in [-0.05, 0) is 35.7 Å². The summed E-state index contributed by atoms with van der Waals surface area (Å²) in [5, 5.41) is 9.09. The number of aliphatic hydroxyl groups is 1. The van der Waals surface area contributed by atoms with E-state index in [1.165, 1.54) is 0 Å². The van der Waals surface area contributed by atoms with Crippen molar-refractivity contribution < 1.29 is 9.84 Å². The number of aliphatic hydroxyl groups excluding tert-OH is 1. The van der Waals surface area contributed by atoms with Gasteiger partial charge in [0.25, 0.3) is 0 Å². The summed E-state index contributed by atoms with van der Waals surface area (Å²) in [6, 6.07) is 7.83. The lowest BCUT2D eigenvalue weighted by Gasteiger charge is -2.13. The van der Waals surface area contributed by atoms with Crippen LogP contribution in [0.2, 0.25) is 0 Å². The van der Waals surface area contributed by atoms with E-state index in [2.05, 4.69) is 29.9 Å². The topological polar surface area (TPSA) is 55.2 Å². The number of aromatic nitrogens is 2. The molecule has 1 aromatic heterocycles. The first-order valence-corrected chi connectivity index (χ1v) is 6.26. The lowest BCUT2D eigenvalue weighted by molar-refractivity contribution is 0.271. The highest BCUT2D eigenvalue weighted by Gasteiger charge is 2.10. The highest BCUT2D eigenvalue weighted by atomic mass is 16.5. The van der Waals surface area contributed by atoms with Crippen molar-refractivity contribution in [1.82, 2.24) is 9.97 Å². The van der Waals surface area contributed by atoms with Crippen LogP contribution in [-0.4, -0.2) is 22.2 Å². The van der Waals surface area contributed by atoms with Crippen LogP contribution >= 0.6 is 0 Å². The summed E-state index contributed by atoms with van der Waals surface area (Å²) in [6.45, 7) is 4.10. The lowest BCUT2D eigenvalue weighted by atomic mass is 9.98. The summed E-state index contributed by atoms with van der Waals surface area (Å²) >= 11 is 0. The first kappa shape index (κ1) is 13.5. The fourth-order valence-electron chi connectivity index (χ4n) is 1.98. The van der Waals surface area contributed by atoms with Crippen LogP contribution < -0.4 is 4.74 Å². The van der Waals surface area contributed by atoms with Crippen molar-refractivity contribution in [3.8, 4) is 17.0 Å². The third-order valence-corrected chi connectivity index (χ3v) is 2.99. The van der Waals surface area contributed by atoms with E-state index in [0.29, 0.717) is 11.7 Å². The molecule has 2 aromatic rings. The Hall–Kier alpha value is -1.94. The molecule has 0 aliphatic rings. The van der Waals surface area contributed by atoms with Gasteiger partial charge in [-0.2, -0.15) is 0 Å². The van der Waals surface area contributed by atoms with Crippen LogP contribution in [0.3, 0.4) is 0 Å². The minimum absolute atomic E-state index is 0.152. The lowest BCUT2D eigenvalue weighted by Crippen LogP contribution is -1.98. The Morgan fingerprint density at radius 3 is 2.68 bits per heavy atom. The van der Waals surface area contributed by atoms with Crippen molar-refractivity contribution >= 4 is 0 Å². The molecule has 0 amide bonds. The van der Waals surface area contributed by atoms with Crippen LogP contribution in [0.25, 0.3) is 11.3 Å². The molecule has 0 saturated carbocycles. The normalized spacial score (nSPS) is 10.8. The van der Waals surface area contributed by atoms with Gasteiger partial charge in [0.2, 0.25) is 0 Å².